The maximum absolute atomic E-state index is 14.1. The first kappa shape index (κ1) is 17.3. The summed E-state index contributed by atoms with van der Waals surface area (Å²) in [6, 6.07) is 2.67. The number of halogens is 2. The van der Waals surface area contributed by atoms with Crippen molar-refractivity contribution in [1.82, 2.24) is 5.32 Å². The maximum Gasteiger partial charge on any atom is 0.239 e. The van der Waals surface area contributed by atoms with Crippen LogP contribution in [0.4, 0.5) is 14.5 Å². The van der Waals surface area contributed by atoms with Gasteiger partial charge in [-0.05, 0) is 32.9 Å². The number of likely N-dealkylation sites (N-methyl/N-ethyl adjacent to an activating group) is 1. The predicted molar refractivity (Wildman–Crippen MR) is 83.4 cm³/mol. The summed E-state index contributed by atoms with van der Waals surface area (Å²) in [5.41, 5.74) is 5.19. The Labute approximate surface area is 128 Å². The molecule has 116 valence electrons. The van der Waals surface area contributed by atoms with E-state index in [1.807, 2.05) is 13.8 Å². The molecule has 0 aromatic heterocycles. The third-order valence-electron chi connectivity index (χ3n) is 2.83. The van der Waals surface area contributed by atoms with Gasteiger partial charge in [0.25, 0.3) is 0 Å². The summed E-state index contributed by atoms with van der Waals surface area (Å²) in [5, 5.41) is 2.70. The van der Waals surface area contributed by atoms with Gasteiger partial charge in [0, 0.05) is 18.2 Å². The van der Waals surface area contributed by atoms with Gasteiger partial charge in [0.1, 0.15) is 4.99 Å². The van der Waals surface area contributed by atoms with Gasteiger partial charge in [0.15, 0.2) is 11.6 Å². The van der Waals surface area contributed by atoms with Crippen LogP contribution in [0.2, 0.25) is 0 Å². The molecular weight excluding hydrogens is 296 g/mol. The van der Waals surface area contributed by atoms with Crippen LogP contribution in [0, 0.1) is 11.6 Å². The molecule has 0 aliphatic rings. The molecule has 3 N–H and O–H groups in total. The monoisotopic (exact) mass is 315 g/mol. The van der Waals surface area contributed by atoms with E-state index >= 15 is 0 Å². The standard InChI is InChI=1S/C14H19F2N3OS/c1-4-19(7-11(20)18-8(2)3)10-6-5-9(14(17)21)12(15)13(10)16/h5-6,8H,4,7H2,1-3H3,(H2,17,21)(H,18,20). The number of carbonyl (C=O) groups excluding carboxylic acids is 1. The van der Waals surface area contributed by atoms with Crippen LogP contribution in [0.15, 0.2) is 12.1 Å². The number of amides is 1. The molecule has 1 amide bonds. The summed E-state index contributed by atoms with van der Waals surface area (Å²) < 4.78 is 28.0. The number of nitrogens with two attached hydrogens (primary N) is 1. The summed E-state index contributed by atoms with van der Waals surface area (Å²) in [6.07, 6.45) is 0. The number of nitrogens with one attached hydrogen (secondary N) is 1. The molecule has 0 heterocycles. The molecule has 1 aromatic carbocycles. The minimum atomic E-state index is -1.09. The highest BCUT2D eigenvalue weighted by atomic mass is 32.1. The Balaban J connectivity index is 3.04. The fraction of sp³-hybridized carbons (Fsp3) is 0.429. The van der Waals surface area contributed by atoms with Crippen LogP contribution in [0.1, 0.15) is 26.3 Å². The van der Waals surface area contributed by atoms with Crippen molar-refractivity contribution in [3.63, 3.8) is 0 Å². The van der Waals surface area contributed by atoms with E-state index in [0.717, 1.165) is 0 Å². The van der Waals surface area contributed by atoms with Crippen LogP contribution in [0.25, 0.3) is 0 Å². The maximum atomic E-state index is 14.1. The molecule has 0 radical (unpaired) electrons. The van der Waals surface area contributed by atoms with E-state index in [4.69, 9.17) is 5.73 Å². The molecule has 1 rings (SSSR count). The first-order valence-corrected chi connectivity index (χ1v) is 7.00. The Morgan fingerprint density at radius 3 is 2.48 bits per heavy atom. The van der Waals surface area contributed by atoms with Gasteiger partial charge in [-0.2, -0.15) is 0 Å². The Kier molecular flexibility index (Phi) is 6.02. The third-order valence-corrected chi connectivity index (χ3v) is 3.05. The fourth-order valence-electron chi connectivity index (χ4n) is 1.88. The molecule has 0 spiro atoms. The summed E-state index contributed by atoms with van der Waals surface area (Å²) in [6.45, 7) is 5.70. The Bertz CT molecular complexity index is 549. The summed E-state index contributed by atoms with van der Waals surface area (Å²) in [7, 11) is 0. The summed E-state index contributed by atoms with van der Waals surface area (Å²) >= 11 is 4.66. The number of benzene rings is 1. The topological polar surface area (TPSA) is 58.4 Å². The number of hydrogen-bond donors (Lipinski definition) is 2. The van der Waals surface area contributed by atoms with Crippen molar-refractivity contribution in [2.75, 3.05) is 18.0 Å². The summed E-state index contributed by atoms with van der Waals surface area (Å²) in [4.78, 5) is 13.0. The molecule has 0 fully saturated rings. The minimum absolute atomic E-state index is 0.00825. The smallest absolute Gasteiger partial charge is 0.239 e. The zero-order chi connectivity index (χ0) is 16.2. The lowest BCUT2D eigenvalue weighted by atomic mass is 10.1. The lowest BCUT2D eigenvalue weighted by Crippen LogP contribution is -2.40. The van der Waals surface area contributed by atoms with Gasteiger partial charge >= 0.3 is 0 Å². The van der Waals surface area contributed by atoms with E-state index in [9.17, 15) is 13.6 Å². The van der Waals surface area contributed by atoms with E-state index in [-0.39, 0.29) is 34.7 Å². The van der Waals surface area contributed by atoms with Crippen molar-refractivity contribution in [1.29, 1.82) is 0 Å². The molecule has 0 saturated carbocycles. The highest BCUT2D eigenvalue weighted by molar-refractivity contribution is 7.80. The lowest BCUT2D eigenvalue weighted by Gasteiger charge is -2.24. The minimum Gasteiger partial charge on any atom is -0.389 e. The summed E-state index contributed by atoms with van der Waals surface area (Å²) in [5.74, 6) is -2.41. The molecular formula is C14H19F2N3OS. The number of carbonyl (C=O) groups is 1. The highest BCUT2D eigenvalue weighted by Crippen LogP contribution is 2.24. The van der Waals surface area contributed by atoms with Gasteiger partial charge < -0.3 is 16.0 Å². The van der Waals surface area contributed by atoms with E-state index in [1.165, 1.54) is 17.0 Å². The molecule has 0 saturated heterocycles. The Morgan fingerprint density at radius 1 is 1.38 bits per heavy atom. The van der Waals surface area contributed by atoms with Crippen molar-refractivity contribution in [3.05, 3.63) is 29.3 Å². The zero-order valence-corrected chi connectivity index (χ0v) is 13.1. The van der Waals surface area contributed by atoms with Crippen LogP contribution in [-0.4, -0.2) is 30.0 Å². The molecule has 0 aliphatic carbocycles. The molecule has 21 heavy (non-hydrogen) atoms. The highest BCUT2D eigenvalue weighted by Gasteiger charge is 2.20. The SMILES string of the molecule is CCN(CC(=O)NC(C)C)c1ccc(C(N)=S)c(F)c1F. The fourth-order valence-corrected chi connectivity index (χ4v) is 2.04. The average Bonchev–Trinajstić information content (AvgIpc) is 2.38. The lowest BCUT2D eigenvalue weighted by molar-refractivity contribution is -0.120. The quantitative estimate of drug-likeness (QED) is 0.788. The van der Waals surface area contributed by atoms with Gasteiger partial charge in [-0.1, -0.05) is 12.2 Å². The number of rotatable bonds is 6. The van der Waals surface area contributed by atoms with Crippen LogP contribution in [-0.2, 0) is 4.79 Å². The number of thiocarbonyl (C=S) groups is 1. The van der Waals surface area contributed by atoms with Crippen LogP contribution in [0.5, 0.6) is 0 Å². The number of nitrogens with zero attached hydrogens (tertiary/aromatic N) is 1. The normalized spacial score (nSPS) is 10.6. The number of anilines is 1. The number of hydrogen-bond acceptors (Lipinski definition) is 3. The van der Waals surface area contributed by atoms with Gasteiger partial charge in [0.2, 0.25) is 5.91 Å². The largest absolute Gasteiger partial charge is 0.389 e. The second-order valence-corrected chi connectivity index (χ2v) is 5.30. The molecule has 0 unspecified atom stereocenters. The Hall–Kier alpha value is -1.76. The van der Waals surface area contributed by atoms with Crippen LogP contribution < -0.4 is 16.0 Å². The molecule has 0 bridgehead atoms. The van der Waals surface area contributed by atoms with Crippen molar-refractivity contribution < 1.29 is 13.6 Å². The molecule has 4 nitrogen and oxygen atoms in total. The molecule has 0 aliphatic heterocycles. The van der Waals surface area contributed by atoms with Gasteiger partial charge in [0.05, 0.1) is 12.2 Å². The first-order chi connectivity index (χ1) is 9.77. The van der Waals surface area contributed by atoms with E-state index < -0.39 is 11.6 Å². The second kappa shape index (κ2) is 7.31. The van der Waals surface area contributed by atoms with Crippen molar-refractivity contribution >= 4 is 28.8 Å². The van der Waals surface area contributed by atoms with E-state index in [0.29, 0.717) is 6.54 Å². The molecule has 0 atom stereocenters. The molecule has 7 heteroatoms. The van der Waals surface area contributed by atoms with E-state index in [2.05, 4.69) is 17.5 Å². The van der Waals surface area contributed by atoms with Gasteiger partial charge in [-0.15, -0.1) is 0 Å². The van der Waals surface area contributed by atoms with Gasteiger partial charge in [-0.25, -0.2) is 8.78 Å². The van der Waals surface area contributed by atoms with Crippen molar-refractivity contribution in [3.8, 4) is 0 Å². The second-order valence-electron chi connectivity index (χ2n) is 4.86. The average molecular weight is 315 g/mol. The Morgan fingerprint density at radius 2 is 2.00 bits per heavy atom. The van der Waals surface area contributed by atoms with Crippen LogP contribution in [0.3, 0.4) is 0 Å². The molecule has 1 aromatic rings. The van der Waals surface area contributed by atoms with Crippen molar-refractivity contribution in [2.45, 2.75) is 26.8 Å². The van der Waals surface area contributed by atoms with Crippen LogP contribution >= 0.6 is 12.2 Å². The van der Waals surface area contributed by atoms with Crippen molar-refractivity contribution in [2.24, 2.45) is 5.73 Å². The first-order valence-electron chi connectivity index (χ1n) is 6.60. The van der Waals surface area contributed by atoms with E-state index in [1.54, 1.807) is 6.92 Å². The third kappa shape index (κ3) is 4.35. The van der Waals surface area contributed by atoms with Gasteiger partial charge in [-0.3, -0.25) is 4.79 Å². The zero-order valence-electron chi connectivity index (χ0n) is 12.2. The predicted octanol–water partition coefficient (Wildman–Crippen LogP) is 1.95.